The topological polar surface area (TPSA) is 56.7 Å². The van der Waals surface area contributed by atoms with E-state index >= 15 is 0 Å². The highest BCUT2D eigenvalue weighted by Gasteiger charge is 2.06. The zero-order valence-corrected chi connectivity index (χ0v) is 9.49. The predicted octanol–water partition coefficient (Wildman–Crippen LogP) is 1.66. The Kier molecular flexibility index (Phi) is 3.05. The molecule has 0 saturated heterocycles. The van der Waals surface area contributed by atoms with E-state index in [2.05, 4.69) is 15.1 Å². The molecule has 6 heteroatoms. The van der Waals surface area contributed by atoms with Crippen LogP contribution in [0.15, 0.2) is 22.1 Å². The van der Waals surface area contributed by atoms with Crippen molar-refractivity contribution in [3.63, 3.8) is 0 Å². The fourth-order valence-electron chi connectivity index (χ4n) is 1.11. The van der Waals surface area contributed by atoms with E-state index in [1.807, 2.05) is 24.7 Å². The van der Waals surface area contributed by atoms with E-state index in [1.54, 1.807) is 18.0 Å². The summed E-state index contributed by atoms with van der Waals surface area (Å²) < 4.78 is 6.98. The van der Waals surface area contributed by atoms with Gasteiger partial charge in [0.05, 0.1) is 5.75 Å². The third kappa shape index (κ3) is 2.38. The first-order valence-corrected chi connectivity index (χ1v) is 5.69. The lowest BCUT2D eigenvalue weighted by molar-refractivity contribution is 0.378. The van der Waals surface area contributed by atoms with E-state index in [0.717, 1.165) is 17.4 Å². The minimum absolute atomic E-state index is 0.686. The molecule has 0 bridgehead atoms. The second kappa shape index (κ2) is 4.48. The largest absolute Gasteiger partial charge is 0.339 e. The molecular formula is C9H12N4OS. The van der Waals surface area contributed by atoms with Crippen molar-refractivity contribution in [2.75, 3.05) is 0 Å². The van der Waals surface area contributed by atoms with Gasteiger partial charge in [-0.1, -0.05) is 23.8 Å². The van der Waals surface area contributed by atoms with Crippen LogP contribution in [0.4, 0.5) is 0 Å². The average Bonchev–Trinajstić information content (AvgIpc) is 2.84. The Morgan fingerprint density at radius 1 is 1.53 bits per heavy atom. The first kappa shape index (κ1) is 10.2. The van der Waals surface area contributed by atoms with Gasteiger partial charge in [0, 0.05) is 25.9 Å². The van der Waals surface area contributed by atoms with Gasteiger partial charge in [0.25, 0.3) is 0 Å². The molecule has 0 radical (unpaired) electrons. The monoisotopic (exact) mass is 224 g/mol. The number of rotatable bonds is 4. The minimum Gasteiger partial charge on any atom is -0.339 e. The molecule has 80 valence electrons. The maximum absolute atomic E-state index is 5.01. The summed E-state index contributed by atoms with van der Waals surface area (Å²) in [5, 5.41) is 4.83. The number of aryl methyl sites for hydroxylation is 2. The molecule has 0 spiro atoms. The van der Waals surface area contributed by atoms with Crippen LogP contribution in [0.2, 0.25) is 0 Å². The molecule has 0 aliphatic rings. The first-order valence-electron chi connectivity index (χ1n) is 4.71. The third-order valence-corrected chi connectivity index (χ3v) is 2.97. The van der Waals surface area contributed by atoms with Gasteiger partial charge < -0.3 is 9.09 Å². The Labute approximate surface area is 91.9 Å². The average molecular weight is 224 g/mol. The van der Waals surface area contributed by atoms with Gasteiger partial charge in [-0.25, -0.2) is 4.98 Å². The Bertz CT molecular complexity index is 437. The normalized spacial score (nSPS) is 10.8. The minimum atomic E-state index is 0.686. The lowest BCUT2D eigenvalue weighted by Crippen LogP contribution is -1.91. The summed E-state index contributed by atoms with van der Waals surface area (Å²) in [6, 6.07) is 0. The quantitative estimate of drug-likeness (QED) is 0.739. The van der Waals surface area contributed by atoms with Crippen LogP contribution in [0.3, 0.4) is 0 Å². The van der Waals surface area contributed by atoms with Crippen molar-refractivity contribution in [2.24, 2.45) is 7.05 Å². The Hall–Kier alpha value is -1.30. The van der Waals surface area contributed by atoms with Crippen LogP contribution in [0.5, 0.6) is 0 Å². The van der Waals surface area contributed by atoms with E-state index in [9.17, 15) is 0 Å². The number of hydrogen-bond acceptors (Lipinski definition) is 5. The van der Waals surface area contributed by atoms with Gasteiger partial charge in [0.1, 0.15) is 0 Å². The molecule has 0 fully saturated rings. The summed E-state index contributed by atoms with van der Waals surface area (Å²) in [6.07, 6.45) is 4.46. The van der Waals surface area contributed by atoms with Crippen molar-refractivity contribution in [1.29, 1.82) is 0 Å². The van der Waals surface area contributed by atoms with Crippen LogP contribution in [0.25, 0.3) is 0 Å². The van der Waals surface area contributed by atoms with Crippen LogP contribution < -0.4 is 0 Å². The van der Waals surface area contributed by atoms with Gasteiger partial charge in [0.15, 0.2) is 11.0 Å². The molecule has 0 amide bonds. The molecule has 0 saturated carbocycles. The van der Waals surface area contributed by atoms with Gasteiger partial charge in [-0.3, -0.25) is 0 Å². The van der Waals surface area contributed by atoms with Gasteiger partial charge >= 0.3 is 0 Å². The molecule has 2 heterocycles. The predicted molar refractivity (Wildman–Crippen MR) is 56.4 cm³/mol. The number of hydrogen-bond donors (Lipinski definition) is 0. The molecule has 2 aromatic rings. The number of thioether (sulfide) groups is 1. The second-order valence-corrected chi connectivity index (χ2v) is 4.01. The highest BCUT2D eigenvalue weighted by atomic mass is 32.2. The van der Waals surface area contributed by atoms with E-state index < -0.39 is 0 Å². The van der Waals surface area contributed by atoms with E-state index in [-0.39, 0.29) is 0 Å². The Morgan fingerprint density at radius 3 is 3.00 bits per heavy atom. The summed E-state index contributed by atoms with van der Waals surface area (Å²) in [6.45, 7) is 1.99. The zero-order valence-electron chi connectivity index (χ0n) is 8.67. The Morgan fingerprint density at radius 2 is 2.40 bits per heavy atom. The third-order valence-electron chi connectivity index (χ3n) is 1.92. The molecule has 2 aromatic heterocycles. The molecule has 0 N–H and O–H groups in total. The lowest BCUT2D eigenvalue weighted by atomic mass is 10.5. The van der Waals surface area contributed by atoms with E-state index in [1.165, 1.54) is 0 Å². The molecule has 0 aromatic carbocycles. The maximum atomic E-state index is 5.01. The molecule has 0 atom stereocenters. The van der Waals surface area contributed by atoms with E-state index in [4.69, 9.17) is 4.52 Å². The van der Waals surface area contributed by atoms with E-state index in [0.29, 0.717) is 11.6 Å². The van der Waals surface area contributed by atoms with Crippen LogP contribution in [-0.4, -0.2) is 19.7 Å². The van der Waals surface area contributed by atoms with Crippen molar-refractivity contribution < 1.29 is 4.52 Å². The van der Waals surface area contributed by atoms with Gasteiger partial charge in [-0.2, -0.15) is 4.98 Å². The summed E-state index contributed by atoms with van der Waals surface area (Å²) in [4.78, 5) is 8.42. The summed E-state index contributed by atoms with van der Waals surface area (Å²) in [7, 11) is 1.96. The molecule has 5 nitrogen and oxygen atoms in total. The fraction of sp³-hybridized carbons (Fsp3) is 0.444. The standard InChI is InChI=1S/C9H12N4OS/c1-3-8-11-7(12-14-8)6-15-9-10-4-5-13(9)2/h4-5H,3,6H2,1-2H3. The van der Waals surface area contributed by atoms with Crippen molar-refractivity contribution >= 4 is 11.8 Å². The second-order valence-electron chi connectivity index (χ2n) is 3.07. The van der Waals surface area contributed by atoms with Crippen LogP contribution in [-0.2, 0) is 19.2 Å². The van der Waals surface area contributed by atoms with Crippen molar-refractivity contribution in [1.82, 2.24) is 19.7 Å². The SMILES string of the molecule is CCc1nc(CSc2nccn2C)no1. The highest BCUT2D eigenvalue weighted by Crippen LogP contribution is 2.18. The highest BCUT2D eigenvalue weighted by molar-refractivity contribution is 7.98. The molecule has 0 aliphatic carbocycles. The molecule has 2 rings (SSSR count). The Balaban J connectivity index is 1.96. The summed E-state index contributed by atoms with van der Waals surface area (Å²) in [5.74, 6) is 2.10. The van der Waals surface area contributed by atoms with Gasteiger partial charge in [0.2, 0.25) is 5.89 Å². The molecule has 15 heavy (non-hydrogen) atoms. The lowest BCUT2D eigenvalue weighted by Gasteiger charge is -1.97. The van der Waals surface area contributed by atoms with Gasteiger partial charge in [-0.15, -0.1) is 0 Å². The number of nitrogens with zero attached hydrogens (tertiary/aromatic N) is 4. The molecular weight excluding hydrogens is 212 g/mol. The fourth-order valence-corrected chi connectivity index (χ4v) is 1.89. The van der Waals surface area contributed by atoms with Crippen molar-refractivity contribution in [3.05, 3.63) is 24.1 Å². The van der Waals surface area contributed by atoms with Crippen LogP contribution in [0.1, 0.15) is 18.6 Å². The summed E-state index contributed by atoms with van der Waals surface area (Å²) in [5.41, 5.74) is 0. The number of imidazole rings is 1. The molecule has 0 unspecified atom stereocenters. The number of aromatic nitrogens is 4. The first-order chi connectivity index (χ1) is 7.29. The van der Waals surface area contributed by atoms with Crippen molar-refractivity contribution in [3.8, 4) is 0 Å². The smallest absolute Gasteiger partial charge is 0.226 e. The van der Waals surface area contributed by atoms with Crippen LogP contribution >= 0.6 is 11.8 Å². The summed E-state index contributed by atoms with van der Waals surface area (Å²) >= 11 is 1.60. The van der Waals surface area contributed by atoms with Gasteiger partial charge in [-0.05, 0) is 0 Å². The molecule has 0 aliphatic heterocycles. The van der Waals surface area contributed by atoms with Crippen LogP contribution in [0, 0.1) is 0 Å². The maximum Gasteiger partial charge on any atom is 0.226 e. The van der Waals surface area contributed by atoms with Crippen molar-refractivity contribution in [2.45, 2.75) is 24.3 Å². The zero-order chi connectivity index (χ0) is 10.7.